The van der Waals surface area contributed by atoms with Crippen LogP contribution in [0.4, 0.5) is 0 Å². The number of hydrazine groups is 1. The Bertz CT molecular complexity index is 739. The molecule has 0 aliphatic rings. The average molecular weight is 404 g/mol. The van der Waals surface area contributed by atoms with E-state index in [1.54, 1.807) is 30.3 Å². The smallest absolute Gasteiger partial charge is 0.248 e. The van der Waals surface area contributed by atoms with Gasteiger partial charge in [0, 0.05) is 9.92 Å². The summed E-state index contributed by atoms with van der Waals surface area (Å²) < 4.78 is 0. The van der Waals surface area contributed by atoms with Crippen LogP contribution in [-0.4, -0.2) is 17.6 Å². The lowest BCUT2D eigenvalue weighted by Gasteiger charge is -2.08. The minimum atomic E-state index is -0.349. The Morgan fingerprint density at radius 2 is 1.54 bits per heavy atom. The van der Waals surface area contributed by atoms with Crippen molar-refractivity contribution < 1.29 is 9.59 Å². The minimum Gasteiger partial charge on any atom is -0.273 e. The predicted octanol–water partition coefficient (Wildman–Crippen LogP) is 4.13. The maximum absolute atomic E-state index is 11.8. The molecule has 2 N–H and O–H groups in total. The Balaban J connectivity index is 1.73. The summed E-state index contributed by atoms with van der Waals surface area (Å²) in [6, 6.07) is 12.1. The fraction of sp³-hybridized carbons (Fsp3) is 0.125. The van der Waals surface area contributed by atoms with Crippen LogP contribution >= 0.6 is 46.6 Å². The summed E-state index contributed by atoms with van der Waals surface area (Å²) in [4.78, 5) is 24.4. The molecule has 0 radical (unpaired) electrons. The van der Waals surface area contributed by atoms with Crippen molar-refractivity contribution in [3.8, 4) is 0 Å². The van der Waals surface area contributed by atoms with Gasteiger partial charge in [0.25, 0.3) is 0 Å². The van der Waals surface area contributed by atoms with Crippen molar-refractivity contribution in [3.63, 3.8) is 0 Å². The van der Waals surface area contributed by atoms with Crippen molar-refractivity contribution in [1.82, 2.24) is 10.9 Å². The molecule has 0 unspecified atom stereocenters. The molecule has 0 heterocycles. The number of hydrogen-bond donors (Lipinski definition) is 2. The second-order valence-electron chi connectivity index (χ2n) is 4.76. The molecular weight excluding hydrogens is 391 g/mol. The topological polar surface area (TPSA) is 58.2 Å². The molecule has 8 heteroatoms. The Kier molecular flexibility index (Phi) is 7.24. The van der Waals surface area contributed by atoms with Crippen molar-refractivity contribution in [3.05, 3.63) is 63.1 Å². The molecule has 0 aliphatic carbocycles. The second-order valence-corrected chi connectivity index (χ2v) is 7.06. The van der Waals surface area contributed by atoms with Crippen molar-refractivity contribution in [2.45, 2.75) is 11.3 Å². The van der Waals surface area contributed by atoms with E-state index in [4.69, 9.17) is 34.8 Å². The molecule has 2 aromatic rings. The SMILES string of the molecule is O=C(CSc1ccc(Cl)cc1)NNC(=O)Cc1ccc(Cl)c(Cl)c1. The van der Waals surface area contributed by atoms with Gasteiger partial charge in [-0.15, -0.1) is 11.8 Å². The first kappa shape index (κ1) is 18.9. The first-order valence-corrected chi connectivity index (χ1v) is 8.96. The lowest BCUT2D eigenvalue weighted by Crippen LogP contribution is -2.43. The van der Waals surface area contributed by atoms with Crippen LogP contribution in [0.3, 0.4) is 0 Å². The van der Waals surface area contributed by atoms with Gasteiger partial charge in [-0.3, -0.25) is 20.4 Å². The van der Waals surface area contributed by atoms with Gasteiger partial charge in [-0.2, -0.15) is 0 Å². The van der Waals surface area contributed by atoms with Crippen LogP contribution in [-0.2, 0) is 16.0 Å². The highest BCUT2D eigenvalue weighted by Crippen LogP contribution is 2.22. The van der Waals surface area contributed by atoms with Crippen LogP contribution < -0.4 is 10.9 Å². The zero-order chi connectivity index (χ0) is 17.5. The van der Waals surface area contributed by atoms with E-state index in [2.05, 4.69) is 10.9 Å². The Morgan fingerprint density at radius 3 is 2.21 bits per heavy atom. The standard InChI is InChI=1S/C16H13Cl3N2O2S/c17-11-2-4-12(5-3-11)24-9-16(23)21-20-15(22)8-10-1-6-13(18)14(19)7-10/h1-7H,8-9H2,(H,20,22)(H,21,23). The number of hydrogen-bond acceptors (Lipinski definition) is 3. The van der Waals surface area contributed by atoms with Gasteiger partial charge in [0.05, 0.1) is 22.2 Å². The molecule has 0 fully saturated rings. The van der Waals surface area contributed by atoms with Crippen molar-refractivity contribution in [2.24, 2.45) is 0 Å². The molecule has 4 nitrogen and oxygen atoms in total. The second kappa shape index (κ2) is 9.18. The lowest BCUT2D eigenvalue weighted by molar-refractivity contribution is -0.127. The minimum absolute atomic E-state index is 0.0848. The zero-order valence-electron chi connectivity index (χ0n) is 12.3. The van der Waals surface area contributed by atoms with E-state index < -0.39 is 0 Å². The Morgan fingerprint density at radius 1 is 0.875 bits per heavy atom. The normalized spacial score (nSPS) is 10.3. The fourth-order valence-electron chi connectivity index (χ4n) is 1.73. The molecule has 2 amide bonds. The molecule has 0 aliphatic heterocycles. The van der Waals surface area contributed by atoms with Crippen molar-refractivity contribution >= 4 is 58.4 Å². The summed E-state index contributed by atoms with van der Waals surface area (Å²) in [7, 11) is 0. The van der Waals surface area contributed by atoms with E-state index in [0.717, 1.165) is 4.90 Å². The van der Waals surface area contributed by atoms with Crippen LogP contribution in [0.1, 0.15) is 5.56 Å². The molecule has 0 spiro atoms. The van der Waals surface area contributed by atoms with Crippen LogP contribution in [0.5, 0.6) is 0 Å². The Labute approximate surface area is 158 Å². The van der Waals surface area contributed by atoms with Crippen LogP contribution in [0.25, 0.3) is 0 Å². The average Bonchev–Trinajstić information content (AvgIpc) is 2.56. The fourth-order valence-corrected chi connectivity index (χ4v) is 2.88. The summed E-state index contributed by atoms with van der Waals surface area (Å²) >= 11 is 18.8. The molecule has 0 saturated heterocycles. The monoisotopic (exact) mass is 402 g/mol. The van der Waals surface area contributed by atoms with E-state index in [0.29, 0.717) is 20.6 Å². The van der Waals surface area contributed by atoms with Gasteiger partial charge in [-0.05, 0) is 42.0 Å². The summed E-state index contributed by atoms with van der Waals surface area (Å²) in [6.07, 6.45) is 0.0848. The van der Waals surface area contributed by atoms with Gasteiger partial charge in [0.15, 0.2) is 0 Å². The van der Waals surface area contributed by atoms with E-state index in [9.17, 15) is 9.59 Å². The molecule has 126 valence electrons. The van der Waals surface area contributed by atoms with Gasteiger partial charge in [0.2, 0.25) is 11.8 Å². The van der Waals surface area contributed by atoms with Gasteiger partial charge in [-0.25, -0.2) is 0 Å². The zero-order valence-corrected chi connectivity index (χ0v) is 15.4. The number of carbonyl (C=O) groups excluding carboxylic acids is 2. The molecule has 0 aromatic heterocycles. The molecule has 0 saturated carbocycles. The lowest BCUT2D eigenvalue weighted by atomic mass is 10.1. The maximum atomic E-state index is 11.8. The summed E-state index contributed by atoms with van der Waals surface area (Å²) in [5, 5.41) is 1.44. The molecule has 24 heavy (non-hydrogen) atoms. The largest absolute Gasteiger partial charge is 0.273 e. The number of rotatable bonds is 5. The van der Waals surface area contributed by atoms with Crippen LogP contribution in [0, 0.1) is 0 Å². The quantitative estimate of drug-likeness (QED) is 0.583. The predicted molar refractivity (Wildman–Crippen MR) is 98.6 cm³/mol. The number of thioether (sulfide) groups is 1. The third-order valence-corrected chi connectivity index (χ3v) is 4.88. The van der Waals surface area contributed by atoms with Crippen molar-refractivity contribution in [1.29, 1.82) is 0 Å². The van der Waals surface area contributed by atoms with E-state index in [1.807, 2.05) is 12.1 Å². The number of halogens is 3. The third-order valence-electron chi connectivity index (χ3n) is 2.87. The van der Waals surface area contributed by atoms with Gasteiger partial charge in [0.1, 0.15) is 0 Å². The van der Waals surface area contributed by atoms with Gasteiger partial charge < -0.3 is 0 Å². The first-order valence-electron chi connectivity index (χ1n) is 6.84. The molecule has 2 rings (SSSR count). The van der Waals surface area contributed by atoms with Crippen molar-refractivity contribution in [2.75, 3.05) is 5.75 Å². The van der Waals surface area contributed by atoms with Gasteiger partial charge in [-0.1, -0.05) is 40.9 Å². The summed E-state index contributed by atoms with van der Waals surface area (Å²) in [5.41, 5.74) is 5.43. The maximum Gasteiger partial charge on any atom is 0.248 e. The number of carbonyl (C=O) groups is 2. The highest BCUT2D eigenvalue weighted by atomic mass is 35.5. The number of benzene rings is 2. The Hall–Kier alpha value is -1.40. The third kappa shape index (κ3) is 6.24. The highest BCUT2D eigenvalue weighted by molar-refractivity contribution is 8.00. The van der Waals surface area contributed by atoms with E-state index >= 15 is 0 Å². The van der Waals surface area contributed by atoms with Gasteiger partial charge >= 0.3 is 0 Å². The van der Waals surface area contributed by atoms with Crippen LogP contribution in [0.15, 0.2) is 47.4 Å². The molecular formula is C16H13Cl3N2O2S. The molecule has 2 aromatic carbocycles. The molecule has 0 bridgehead atoms. The van der Waals surface area contributed by atoms with E-state index in [-0.39, 0.29) is 24.0 Å². The molecule has 0 atom stereocenters. The number of amides is 2. The van der Waals surface area contributed by atoms with E-state index in [1.165, 1.54) is 11.8 Å². The number of nitrogens with one attached hydrogen (secondary N) is 2. The first-order chi connectivity index (χ1) is 11.4. The summed E-state index contributed by atoms with van der Waals surface area (Å²) in [6.45, 7) is 0. The highest BCUT2D eigenvalue weighted by Gasteiger charge is 2.08. The summed E-state index contributed by atoms with van der Waals surface area (Å²) in [5.74, 6) is -0.482. The van der Waals surface area contributed by atoms with Crippen LogP contribution in [0.2, 0.25) is 15.1 Å².